The number of rotatable bonds is 6. The second kappa shape index (κ2) is 7.95. The Balaban J connectivity index is 1.50. The Kier molecular flexibility index (Phi) is 5.70. The van der Waals surface area contributed by atoms with E-state index in [-0.39, 0.29) is 11.8 Å². The van der Waals surface area contributed by atoms with Gasteiger partial charge in [-0.3, -0.25) is 9.59 Å². The van der Waals surface area contributed by atoms with Crippen LogP contribution in [0, 0.1) is 0 Å². The first-order valence-corrected chi connectivity index (χ1v) is 9.71. The Hall–Kier alpha value is -1.36. The molecule has 0 radical (unpaired) electrons. The highest BCUT2D eigenvalue weighted by Gasteiger charge is 2.27. The van der Waals surface area contributed by atoms with E-state index in [9.17, 15) is 9.59 Å². The minimum absolute atomic E-state index is 0.214. The summed E-state index contributed by atoms with van der Waals surface area (Å²) in [5, 5.41) is 2.12. The van der Waals surface area contributed by atoms with Crippen molar-refractivity contribution in [2.24, 2.45) is 0 Å². The topological polar surface area (TPSA) is 40.6 Å². The molecule has 4 nitrogen and oxygen atoms in total. The SMILES string of the molecule is O=C1CCCN1CCC(=O)N1CCCCC1CCc1cccs1. The molecular formula is C18H26N2O2S. The van der Waals surface area contributed by atoms with Crippen molar-refractivity contribution in [3.63, 3.8) is 0 Å². The van der Waals surface area contributed by atoms with Gasteiger partial charge in [0.2, 0.25) is 11.8 Å². The van der Waals surface area contributed by atoms with Crippen LogP contribution in [0.15, 0.2) is 17.5 Å². The summed E-state index contributed by atoms with van der Waals surface area (Å²) in [4.78, 5) is 29.6. The Morgan fingerprint density at radius 3 is 2.91 bits per heavy atom. The molecule has 23 heavy (non-hydrogen) atoms. The highest BCUT2D eigenvalue weighted by molar-refractivity contribution is 7.09. The third-order valence-electron chi connectivity index (χ3n) is 5.02. The molecule has 0 aliphatic carbocycles. The normalized spacial score (nSPS) is 21.9. The molecule has 0 saturated carbocycles. The second-order valence-electron chi connectivity index (χ2n) is 6.59. The number of hydrogen-bond acceptors (Lipinski definition) is 3. The van der Waals surface area contributed by atoms with E-state index in [0.29, 0.717) is 25.4 Å². The third-order valence-corrected chi connectivity index (χ3v) is 5.95. The van der Waals surface area contributed by atoms with Crippen molar-refractivity contribution < 1.29 is 9.59 Å². The van der Waals surface area contributed by atoms with Gasteiger partial charge in [-0.05, 0) is 50.0 Å². The molecule has 0 bridgehead atoms. The van der Waals surface area contributed by atoms with E-state index in [1.165, 1.54) is 11.3 Å². The van der Waals surface area contributed by atoms with Crippen LogP contribution in [0.1, 0.15) is 49.8 Å². The summed E-state index contributed by atoms with van der Waals surface area (Å²) in [5.74, 6) is 0.450. The number of carbonyl (C=O) groups is 2. The molecule has 2 amide bonds. The molecule has 3 rings (SSSR count). The molecule has 2 saturated heterocycles. The standard InChI is InChI=1S/C18H26N2O2S/c21-17-7-3-11-19(17)13-10-18(22)20-12-2-1-5-15(20)8-9-16-6-4-14-23-16/h4,6,14-15H,1-3,5,7-13H2. The van der Waals surface area contributed by atoms with Crippen molar-refractivity contribution in [1.82, 2.24) is 9.80 Å². The zero-order valence-electron chi connectivity index (χ0n) is 13.7. The van der Waals surface area contributed by atoms with Gasteiger partial charge in [-0.2, -0.15) is 0 Å². The van der Waals surface area contributed by atoms with E-state index < -0.39 is 0 Å². The zero-order valence-corrected chi connectivity index (χ0v) is 14.5. The van der Waals surface area contributed by atoms with Gasteiger partial charge < -0.3 is 9.80 Å². The van der Waals surface area contributed by atoms with E-state index in [1.807, 2.05) is 4.90 Å². The number of aryl methyl sites for hydroxylation is 1. The van der Waals surface area contributed by atoms with E-state index in [2.05, 4.69) is 22.4 Å². The van der Waals surface area contributed by atoms with E-state index in [0.717, 1.165) is 45.2 Å². The second-order valence-corrected chi connectivity index (χ2v) is 7.62. The minimum Gasteiger partial charge on any atom is -0.342 e. The maximum absolute atomic E-state index is 12.6. The summed E-state index contributed by atoms with van der Waals surface area (Å²) in [6.45, 7) is 2.32. The van der Waals surface area contributed by atoms with E-state index >= 15 is 0 Å². The quantitative estimate of drug-likeness (QED) is 0.802. The first-order valence-electron chi connectivity index (χ1n) is 8.83. The molecule has 1 unspecified atom stereocenters. The molecule has 2 aliphatic heterocycles. The van der Waals surface area contributed by atoms with Gasteiger partial charge in [-0.1, -0.05) is 6.07 Å². The predicted octanol–water partition coefficient (Wildman–Crippen LogP) is 3.07. The lowest BCUT2D eigenvalue weighted by Gasteiger charge is -2.36. The summed E-state index contributed by atoms with van der Waals surface area (Å²) in [6.07, 6.45) is 7.68. The van der Waals surface area contributed by atoms with Crippen LogP contribution in [0.25, 0.3) is 0 Å². The summed E-state index contributed by atoms with van der Waals surface area (Å²) in [6, 6.07) is 4.66. The molecule has 0 aromatic carbocycles. The number of carbonyl (C=O) groups excluding carboxylic acids is 2. The number of likely N-dealkylation sites (tertiary alicyclic amines) is 2. The molecule has 0 N–H and O–H groups in total. The lowest BCUT2D eigenvalue weighted by Crippen LogP contribution is -2.45. The molecule has 126 valence electrons. The Morgan fingerprint density at radius 1 is 1.26 bits per heavy atom. The number of thiophene rings is 1. The molecule has 3 heterocycles. The van der Waals surface area contributed by atoms with Crippen molar-refractivity contribution in [2.45, 2.75) is 57.4 Å². The smallest absolute Gasteiger partial charge is 0.224 e. The van der Waals surface area contributed by atoms with Crippen LogP contribution < -0.4 is 0 Å². The Labute approximate surface area is 142 Å². The van der Waals surface area contributed by atoms with Crippen molar-refractivity contribution >= 4 is 23.2 Å². The van der Waals surface area contributed by atoms with Gasteiger partial charge in [0, 0.05) is 43.4 Å². The van der Waals surface area contributed by atoms with Crippen LogP contribution in [0.3, 0.4) is 0 Å². The molecule has 0 spiro atoms. The fourth-order valence-electron chi connectivity index (χ4n) is 3.71. The highest BCUT2D eigenvalue weighted by Crippen LogP contribution is 2.23. The van der Waals surface area contributed by atoms with Crippen molar-refractivity contribution in [2.75, 3.05) is 19.6 Å². The van der Waals surface area contributed by atoms with Gasteiger partial charge in [0.25, 0.3) is 0 Å². The number of hydrogen-bond donors (Lipinski definition) is 0. The van der Waals surface area contributed by atoms with Crippen LogP contribution in [0.2, 0.25) is 0 Å². The molecule has 1 aromatic heterocycles. The highest BCUT2D eigenvalue weighted by atomic mass is 32.1. The summed E-state index contributed by atoms with van der Waals surface area (Å²) >= 11 is 1.80. The zero-order chi connectivity index (χ0) is 16.1. The molecular weight excluding hydrogens is 308 g/mol. The number of amides is 2. The lowest BCUT2D eigenvalue weighted by atomic mass is 9.97. The van der Waals surface area contributed by atoms with Gasteiger partial charge in [-0.25, -0.2) is 0 Å². The van der Waals surface area contributed by atoms with Gasteiger partial charge in [0.05, 0.1) is 0 Å². The fraction of sp³-hybridized carbons (Fsp3) is 0.667. The molecule has 2 fully saturated rings. The molecule has 5 heteroatoms. The fourth-order valence-corrected chi connectivity index (χ4v) is 4.43. The van der Waals surface area contributed by atoms with Crippen LogP contribution in [0.4, 0.5) is 0 Å². The van der Waals surface area contributed by atoms with Crippen LogP contribution in [-0.2, 0) is 16.0 Å². The summed E-state index contributed by atoms with van der Waals surface area (Å²) in [7, 11) is 0. The van der Waals surface area contributed by atoms with Crippen LogP contribution >= 0.6 is 11.3 Å². The van der Waals surface area contributed by atoms with Crippen molar-refractivity contribution in [1.29, 1.82) is 0 Å². The maximum atomic E-state index is 12.6. The minimum atomic E-state index is 0.214. The predicted molar refractivity (Wildman–Crippen MR) is 92.4 cm³/mol. The Morgan fingerprint density at radius 2 is 2.17 bits per heavy atom. The largest absolute Gasteiger partial charge is 0.342 e. The van der Waals surface area contributed by atoms with Crippen LogP contribution in [-0.4, -0.2) is 47.3 Å². The number of piperidine rings is 1. The van der Waals surface area contributed by atoms with Crippen molar-refractivity contribution in [3.05, 3.63) is 22.4 Å². The average Bonchev–Trinajstić information content (AvgIpc) is 3.22. The first kappa shape index (κ1) is 16.5. The lowest BCUT2D eigenvalue weighted by molar-refractivity contribution is -0.136. The van der Waals surface area contributed by atoms with Gasteiger partial charge >= 0.3 is 0 Å². The average molecular weight is 334 g/mol. The van der Waals surface area contributed by atoms with E-state index in [4.69, 9.17) is 0 Å². The maximum Gasteiger partial charge on any atom is 0.224 e. The van der Waals surface area contributed by atoms with Crippen LogP contribution in [0.5, 0.6) is 0 Å². The first-order chi connectivity index (χ1) is 11.2. The number of nitrogens with zero attached hydrogens (tertiary/aromatic N) is 2. The van der Waals surface area contributed by atoms with Gasteiger partial charge in [0.1, 0.15) is 0 Å². The molecule has 1 atom stereocenters. The third kappa shape index (κ3) is 4.34. The van der Waals surface area contributed by atoms with Gasteiger partial charge in [0.15, 0.2) is 0 Å². The summed E-state index contributed by atoms with van der Waals surface area (Å²) in [5.41, 5.74) is 0. The molecule has 2 aliphatic rings. The molecule has 1 aromatic rings. The Bertz CT molecular complexity index is 529. The van der Waals surface area contributed by atoms with Crippen molar-refractivity contribution in [3.8, 4) is 0 Å². The summed E-state index contributed by atoms with van der Waals surface area (Å²) < 4.78 is 0. The van der Waals surface area contributed by atoms with E-state index in [1.54, 1.807) is 11.3 Å². The van der Waals surface area contributed by atoms with Gasteiger partial charge in [-0.15, -0.1) is 11.3 Å². The monoisotopic (exact) mass is 334 g/mol.